The smallest absolute Gasteiger partial charge is 0.244 e. The number of nitriles is 1. The first-order chi connectivity index (χ1) is 11.1. The lowest BCUT2D eigenvalue weighted by molar-refractivity contribution is 0.174. The van der Waals surface area contributed by atoms with Crippen LogP contribution in [0.3, 0.4) is 0 Å². The number of aromatic nitrogens is 2. The van der Waals surface area contributed by atoms with Crippen LogP contribution in [-0.4, -0.2) is 17.0 Å². The molecule has 1 aromatic heterocycles. The molecule has 0 radical (unpaired) electrons. The molecule has 4 rings (SSSR count). The molecule has 116 valence electrons. The maximum absolute atomic E-state index is 9.53. The van der Waals surface area contributed by atoms with E-state index in [1.807, 2.05) is 6.92 Å². The number of aromatic amines is 1. The van der Waals surface area contributed by atoms with E-state index in [-0.39, 0.29) is 18.2 Å². The van der Waals surface area contributed by atoms with Crippen LogP contribution >= 0.6 is 11.6 Å². The third-order valence-electron chi connectivity index (χ3n) is 3.95. The van der Waals surface area contributed by atoms with Crippen LogP contribution < -0.4 is 19.9 Å². The lowest BCUT2D eigenvalue weighted by atomic mass is 9.84. The number of hydrogen-bond acceptors (Lipinski definition) is 6. The number of H-pyrrole nitrogens is 1. The second-order valence-electron chi connectivity index (χ2n) is 5.19. The number of rotatable bonds is 1. The zero-order chi connectivity index (χ0) is 16.1. The fourth-order valence-electron chi connectivity index (χ4n) is 2.89. The number of nitrogens with one attached hydrogen (secondary N) is 1. The number of nitrogens with two attached hydrogens (primary N) is 1. The van der Waals surface area contributed by atoms with E-state index < -0.39 is 5.92 Å². The molecule has 0 saturated heterocycles. The molecule has 2 aliphatic rings. The van der Waals surface area contributed by atoms with E-state index in [0.717, 1.165) is 11.3 Å². The predicted octanol–water partition coefficient (Wildman–Crippen LogP) is 2.32. The van der Waals surface area contributed by atoms with Gasteiger partial charge in [0.15, 0.2) is 11.5 Å². The van der Waals surface area contributed by atoms with Gasteiger partial charge in [-0.25, -0.2) is 0 Å². The van der Waals surface area contributed by atoms with Crippen LogP contribution in [0.1, 0.15) is 22.7 Å². The predicted molar refractivity (Wildman–Crippen MR) is 80.2 cm³/mol. The van der Waals surface area contributed by atoms with Crippen molar-refractivity contribution in [2.24, 2.45) is 5.73 Å². The van der Waals surface area contributed by atoms with Crippen molar-refractivity contribution in [1.82, 2.24) is 10.2 Å². The Hall–Kier alpha value is -2.85. The summed E-state index contributed by atoms with van der Waals surface area (Å²) in [6, 6.07) is 5.67. The molecule has 23 heavy (non-hydrogen) atoms. The van der Waals surface area contributed by atoms with E-state index >= 15 is 0 Å². The Bertz CT molecular complexity index is 897. The van der Waals surface area contributed by atoms with E-state index in [9.17, 15) is 5.26 Å². The van der Waals surface area contributed by atoms with Crippen LogP contribution in [0.2, 0.25) is 5.02 Å². The third kappa shape index (κ3) is 1.85. The van der Waals surface area contributed by atoms with Crippen molar-refractivity contribution in [3.8, 4) is 23.4 Å². The number of ether oxygens (including phenoxy) is 3. The summed E-state index contributed by atoms with van der Waals surface area (Å²) in [5.41, 5.74) is 8.36. The van der Waals surface area contributed by atoms with Crippen molar-refractivity contribution in [3.05, 3.63) is 45.4 Å². The first-order valence-electron chi connectivity index (χ1n) is 6.82. The molecule has 0 spiro atoms. The van der Waals surface area contributed by atoms with Gasteiger partial charge < -0.3 is 19.9 Å². The molecule has 0 amide bonds. The van der Waals surface area contributed by atoms with Crippen molar-refractivity contribution in [1.29, 1.82) is 5.26 Å². The SMILES string of the molecule is Cc1[nH]nc2c1C(c1ccc3c(c1Cl)OCO3)C(C#N)=C(N)O2. The molecule has 3 N–H and O–H groups in total. The molecule has 1 atom stereocenters. The van der Waals surface area contributed by atoms with Crippen molar-refractivity contribution in [3.63, 3.8) is 0 Å². The number of halogens is 1. The topological polar surface area (TPSA) is 106 Å². The summed E-state index contributed by atoms with van der Waals surface area (Å²) < 4.78 is 16.2. The highest BCUT2D eigenvalue weighted by Gasteiger charge is 2.36. The molecular formula is C15H11ClN4O3. The zero-order valence-electron chi connectivity index (χ0n) is 12.0. The number of allylic oxidation sites excluding steroid dienone is 1. The van der Waals surface area contributed by atoms with Crippen molar-refractivity contribution in [2.45, 2.75) is 12.8 Å². The summed E-state index contributed by atoms with van der Waals surface area (Å²) in [4.78, 5) is 0. The molecule has 0 fully saturated rings. The standard InChI is InChI=1S/C15H11ClN4O3/c1-6-10-11(8(4-17)14(18)23-15(10)20-19-6)7-2-3-9-13(12(7)16)22-5-21-9/h2-3,11H,5,18H2,1H3,(H,19,20). The van der Waals surface area contributed by atoms with Gasteiger partial charge in [-0.3, -0.25) is 5.10 Å². The van der Waals surface area contributed by atoms with Gasteiger partial charge in [-0.05, 0) is 18.6 Å². The molecule has 7 nitrogen and oxygen atoms in total. The highest BCUT2D eigenvalue weighted by atomic mass is 35.5. The lowest BCUT2D eigenvalue weighted by Gasteiger charge is -2.24. The number of fused-ring (bicyclic) bond motifs is 2. The van der Waals surface area contributed by atoms with Gasteiger partial charge in [0.25, 0.3) is 0 Å². The molecule has 0 aliphatic carbocycles. The Labute approximate surface area is 136 Å². The largest absolute Gasteiger partial charge is 0.454 e. The maximum Gasteiger partial charge on any atom is 0.244 e. The second kappa shape index (κ2) is 4.83. The summed E-state index contributed by atoms with van der Waals surface area (Å²) in [7, 11) is 0. The van der Waals surface area contributed by atoms with E-state index in [2.05, 4.69) is 16.3 Å². The fourth-order valence-corrected chi connectivity index (χ4v) is 3.21. The first-order valence-corrected chi connectivity index (χ1v) is 7.20. The zero-order valence-corrected chi connectivity index (χ0v) is 12.8. The molecule has 0 bridgehead atoms. The Morgan fingerprint density at radius 3 is 3.04 bits per heavy atom. The molecule has 1 aromatic carbocycles. The van der Waals surface area contributed by atoms with Gasteiger partial charge in [0.2, 0.25) is 18.6 Å². The Morgan fingerprint density at radius 2 is 2.26 bits per heavy atom. The van der Waals surface area contributed by atoms with Crippen LogP contribution in [0.25, 0.3) is 0 Å². The Kier molecular flexibility index (Phi) is 2.89. The Balaban J connectivity index is 1.97. The van der Waals surface area contributed by atoms with Crippen LogP contribution in [0.15, 0.2) is 23.6 Å². The van der Waals surface area contributed by atoms with Crippen LogP contribution in [0.4, 0.5) is 0 Å². The normalized spacial score (nSPS) is 18.4. The minimum absolute atomic E-state index is 0.0187. The number of aryl methyl sites for hydroxylation is 1. The number of hydrogen-bond donors (Lipinski definition) is 2. The van der Waals surface area contributed by atoms with Gasteiger partial charge >= 0.3 is 0 Å². The van der Waals surface area contributed by atoms with Crippen LogP contribution in [0.5, 0.6) is 17.4 Å². The molecular weight excluding hydrogens is 320 g/mol. The minimum Gasteiger partial charge on any atom is -0.454 e. The summed E-state index contributed by atoms with van der Waals surface area (Å²) in [5.74, 6) is 0.923. The van der Waals surface area contributed by atoms with E-state index in [0.29, 0.717) is 28.0 Å². The molecule has 2 aromatic rings. The molecule has 0 saturated carbocycles. The van der Waals surface area contributed by atoms with E-state index in [1.54, 1.807) is 12.1 Å². The van der Waals surface area contributed by atoms with E-state index in [1.165, 1.54) is 0 Å². The quantitative estimate of drug-likeness (QED) is 0.831. The maximum atomic E-state index is 9.53. The highest BCUT2D eigenvalue weighted by Crippen LogP contribution is 2.49. The van der Waals surface area contributed by atoms with Gasteiger partial charge in [-0.2, -0.15) is 5.26 Å². The van der Waals surface area contributed by atoms with E-state index in [4.69, 9.17) is 31.5 Å². The molecule has 2 aliphatic heterocycles. The first kappa shape index (κ1) is 13.8. The van der Waals surface area contributed by atoms with Gasteiger partial charge in [-0.1, -0.05) is 17.7 Å². The summed E-state index contributed by atoms with van der Waals surface area (Å²) in [6.07, 6.45) is 0. The van der Waals surface area contributed by atoms with Gasteiger partial charge in [0.05, 0.1) is 10.9 Å². The van der Waals surface area contributed by atoms with Crippen LogP contribution in [0, 0.1) is 18.3 Å². The second-order valence-corrected chi connectivity index (χ2v) is 5.57. The number of benzene rings is 1. The fraction of sp³-hybridized carbons (Fsp3) is 0.200. The number of nitrogens with zero attached hydrogens (tertiary/aromatic N) is 2. The van der Waals surface area contributed by atoms with Crippen molar-refractivity contribution in [2.75, 3.05) is 6.79 Å². The molecule has 3 heterocycles. The van der Waals surface area contributed by atoms with Gasteiger partial charge in [0, 0.05) is 11.3 Å². The van der Waals surface area contributed by atoms with Gasteiger partial charge in [-0.15, -0.1) is 5.10 Å². The third-order valence-corrected chi connectivity index (χ3v) is 4.34. The average molecular weight is 331 g/mol. The monoisotopic (exact) mass is 330 g/mol. The summed E-state index contributed by atoms with van der Waals surface area (Å²) >= 11 is 6.49. The minimum atomic E-state index is -0.482. The van der Waals surface area contributed by atoms with Crippen LogP contribution in [-0.2, 0) is 0 Å². The highest BCUT2D eigenvalue weighted by molar-refractivity contribution is 6.33. The molecule has 1 unspecified atom stereocenters. The van der Waals surface area contributed by atoms with Gasteiger partial charge in [0.1, 0.15) is 11.6 Å². The lowest BCUT2D eigenvalue weighted by Crippen LogP contribution is -2.21. The van der Waals surface area contributed by atoms with Crippen molar-refractivity contribution < 1.29 is 14.2 Å². The summed E-state index contributed by atoms with van der Waals surface area (Å²) in [5, 5.41) is 16.9. The molecule has 8 heteroatoms. The summed E-state index contributed by atoms with van der Waals surface area (Å²) in [6.45, 7) is 1.96. The van der Waals surface area contributed by atoms with Crippen molar-refractivity contribution >= 4 is 11.6 Å². The average Bonchev–Trinajstić information content (AvgIpc) is 3.14. The Morgan fingerprint density at radius 1 is 1.43 bits per heavy atom.